The molecule has 1 N–H and O–H groups in total. The van der Waals surface area contributed by atoms with E-state index in [1.807, 2.05) is 44.2 Å². The maximum absolute atomic E-state index is 10.2. The highest BCUT2D eigenvalue weighted by Gasteiger charge is 2.34. The largest absolute Gasteiger partial charge is 0.305 e. The van der Waals surface area contributed by atoms with Crippen LogP contribution in [0.5, 0.6) is 0 Å². The first-order chi connectivity index (χ1) is 18.3. The summed E-state index contributed by atoms with van der Waals surface area (Å²) in [7, 11) is 0. The van der Waals surface area contributed by atoms with Crippen molar-refractivity contribution in [2.45, 2.75) is 52.1 Å². The molecule has 0 amide bonds. The normalized spacial score (nSPS) is 13.6. The zero-order valence-electron chi connectivity index (χ0n) is 22.5. The van der Waals surface area contributed by atoms with Gasteiger partial charge in [0, 0.05) is 24.4 Å². The van der Waals surface area contributed by atoms with E-state index in [1.54, 1.807) is 12.4 Å². The lowest BCUT2D eigenvalue weighted by molar-refractivity contribution is 0.281. The molecule has 1 heterocycles. The number of pyridine rings is 1. The Kier molecular flexibility index (Phi) is 8.37. The van der Waals surface area contributed by atoms with Crippen molar-refractivity contribution < 1.29 is 0 Å². The van der Waals surface area contributed by atoms with Gasteiger partial charge in [-0.25, -0.2) is 0 Å². The zero-order chi connectivity index (χ0) is 27.1. The second kappa shape index (κ2) is 11.9. The molecule has 38 heavy (non-hydrogen) atoms. The van der Waals surface area contributed by atoms with E-state index in [1.165, 1.54) is 11.1 Å². The number of nitrogens with zero attached hydrogens (tertiary/aromatic N) is 3. The van der Waals surface area contributed by atoms with Crippen LogP contribution in [0.2, 0.25) is 0 Å². The van der Waals surface area contributed by atoms with Crippen LogP contribution in [0, 0.1) is 35.0 Å². The lowest BCUT2D eigenvalue weighted by Crippen LogP contribution is -2.42. The molecule has 4 nitrogen and oxygen atoms in total. The Balaban J connectivity index is 1.71. The van der Waals surface area contributed by atoms with Gasteiger partial charge in [0.2, 0.25) is 0 Å². The Morgan fingerprint density at radius 1 is 0.842 bits per heavy atom. The maximum atomic E-state index is 10.2. The lowest BCUT2D eigenvalue weighted by atomic mass is 9.79. The fourth-order valence-electron chi connectivity index (χ4n) is 5.01. The molecule has 190 valence electrons. The van der Waals surface area contributed by atoms with Crippen LogP contribution in [0.15, 0.2) is 97.3 Å². The minimum Gasteiger partial charge on any atom is -0.305 e. The highest BCUT2D eigenvalue weighted by molar-refractivity contribution is 5.63. The summed E-state index contributed by atoms with van der Waals surface area (Å²) in [6.07, 6.45) is 4.41. The second-order valence-electron chi connectivity index (χ2n) is 10.6. The second-order valence-corrected chi connectivity index (χ2v) is 10.6. The molecule has 3 aromatic carbocycles. The first-order valence-electron chi connectivity index (χ1n) is 13.0. The van der Waals surface area contributed by atoms with Gasteiger partial charge in [0.1, 0.15) is 0 Å². The van der Waals surface area contributed by atoms with E-state index in [-0.39, 0.29) is 18.0 Å². The first kappa shape index (κ1) is 26.8. The molecule has 0 aliphatic carbocycles. The third-order valence-electron chi connectivity index (χ3n) is 7.30. The van der Waals surface area contributed by atoms with Gasteiger partial charge in [-0.3, -0.25) is 4.98 Å². The maximum Gasteiger partial charge on any atom is 0.0991 e. The van der Waals surface area contributed by atoms with Crippen LogP contribution in [-0.4, -0.2) is 11.0 Å². The topological polar surface area (TPSA) is 72.5 Å². The van der Waals surface area contributed by atoms with Crippen LogP contribution in [0.25, 0.3) is 11.1 Å². The van der Waals surface area contributed by atoms with Gasteiger partial charge in [-0.2, -0.15) is 10.5 Å². The molecule has 0 saturated heterocycles. The SMILES string of the molecule is Cc1ccc(C[C@@H](c2cccc(C#N)c2)[C@H](C)NC(c2cccc(-c3ccncc3)c2)C(C)(C)C#N)cc1. The molecule has 0 spiro atoms. The molecule has 0 saturated carbocycles. The summed E-state index contributed by atoms with van der Waals surface area (Å²) in [6.45, 7) is 8.26. The van der Waals surface area contributed by atoms with Gasteiger partial charge >= 0.3 is 0 Å². The van der Waals surface area contributed by atoms with Crippen LogP contribution in [0.3, 0.4) is 0 Å². The Morgan fingerprint density at radius 3 is 2.21 bits per heavy atom. The molecule has 1 unspecified atom stereocenters. The van der Waals surface area contributed by atoms with Crippen molar-refractivity contribution in [2.75, 3.05) is 0 Å². The highest BCUT2D eigenvalue weighted by atomic mass is 15.0. The number of hydrogen-bond donors (Lipinski definition) is 1. The summed E-state index contributed by atoms with van der Waals surface area (Å²) in [6, 6.07) is 33.6. The van der Waals surface area contributed by atoms with Crippen LogP contribution in [-0.2, 0) is 6.42 Å². The van der Waals surface area contributed by atoms with Crippen molar-refractivity contribution in [1.82, 2.24) is 10.3 Å². The lowest BCUT2D eigenvalue weighted by Gasteiger charge is -2.36. The molecule has 4 rings (SSSR count). The molecular weight excluding hydrogens is 464 g/mol. The van der Waals surface area contributed by atoms with E-state index < -0.39 is 5.41 Å². The number of rotatable bonds is 9. The Bertz CT molecular complexity index is 1440. The highest BCUT2D eigenvalue weighted by Crippen LogP contribution is 2.37. The summed E-state index contributed by atoms with van der Waals surface area (Å²) in [5.74, 6) is 0.103. The minimum absolute atomic E-state index is 0.0208. The number of nitrogens with one attached hydrogen (secondary N) is 1. The molecule has 4 heteroatoms. The Labute approximate surface area is 226 Å². The standard InChI is InChI=1S/C34H34N4/c1-24-11-13-26(14-12-24)20-32(30-9-5-7-27(19-30)22-35)25(2)38-33(34(3,4)23-36)31-10-6-8-29(21-31)28-15-17-37-18-16-28/h5-19,21,25,32-33,38H,20H2,1-4H3/t25-,32+,33?/m0/s1. The molecule has 0 aliphatic heterocycles. The molecule has 0 fully saturated rings. The van der Waals surface area contributed by atoms with E-state index in [9.17, 15) is 10.5 Å². The van der Waals surface area contributed by atoms with Gasteiger partial charge in [-0.1, -0.05) is 60.2 Å². The van der Waals surface area contributed by atoms with Crippen molar-refractivity contribution in [1.29, 1.82) is 10.5 Å². The monoisotopic (exact) mass is 498 g/mol. The van der Waals surface area contributed by atoms with Gasteiger partial charge in [-0.05, 0) is 92.3 Å². The van der Waals surface area contributed by atoms with Crippen molar-refractivity contribution in [3.8, 4) is 23.3 Å². The van der Waals surface area contributed by atoms with Gasteiger partial charge in [-0.15, -0.1) is 0 Å². The summed E-state index contributed by atoms with van der Waals surface area (Å²) in [5.41, 5.74) is 6.84. The van der Waals surface area contributed by atoms with Crippen molar-refractivity contribution >= 4 is 0 Å². The fraction of sp³-hybridized carbons (Fsp3) is 0.265. The van der Waals surface area contributed by atoms with Gasteiger partial charge < -0.3 is 5.32 Å². The molecular formula is C34H34N4. The predicted octanol–water partition coefficient (Wildman–Crippen LogP) is 7.52. The average molecular weight is 499 g/mol. The fourth-order valence-corrected chi connectivity index (χ4v) is 5.01. The smallest absolute Gasteiger partial charge is 0.0991 e. The quantitative estimate of drug-likeness (QED) is 0.259. The zero-order valence-corrected chi connectivity index (χ0v) is 22.5. The molecule has 0 aliphatic rings. The summed E-state index contributed by atoms with van der Waals surface area (Å²) in [5, 5.41) is 23.6. The van der Waals surface area contributed by atoms with E-state index >= 15 is 0 Å². The van der Waals surface area contributed by atoms with Crippen molar-refractivity contribution in [2.24, 2.45) is 5.41 Å². The van der Waals surface area contributed by atoms with E-state index in [4.69, 9.17) is 0 Å². The third kappa shape index (κ3) is 6.35. The number of aryl methyl sites for hydroxylation is 1. The number of nitriles is 2. The third-order valence-corrected chi connectivity index (χ3v) is 7.30. The molecule has 3 atom stereocenters. The number of aromatic nitrogens is 1. The van der Waals surface area contributed by atoms with Gasteiger partial charge in [0.15, 0.2) is 0 Å². The minimum atomic E-state index is -0.659. The molecule has 4 aromatic rings. The Morgan fingerprint density at radius 2 is 1.53 bits per heavy atom. The van der Waals surface area contributed by atoms with Crippen LogP contribution in [0.4, 0.5) is 0 Å². The summed E-state index contributed by atoms with van der Waals surface area (Å²) in [4.78, 5) is 4.14. The summed E-state index contributed by atoms with van der Waals surface area (Å²) >= 11 is 0. The van der Waals surface area contributed by atoms with Crippen LogP contribution < -0.4 is 5.32 Å². The number of benzene rings is 3. The van der Waals surface area contributed by atoms with Crippen LogP contribution in [0.1, 0.15) is 60.5 Å². The first-order valence-corrected chi connectivity index (χ1v) is 13.0. The average Bonchev–Trinajstić information content (AvgIpc) is 2.96. The van der Waals surface area contributed by atoms with E-state index in [2.05, 4.69) is 90.9 Å². The van der Waals surface area contributed by atoms with Crippen LogP contribution >= 0.6 is 0 Å². The number of hydrogen-bond acceptors (Lipinski definition) is 4. The predicted molar refractivity (Wildman–Crippen MR) is 153 cm³/mol. The molecule has 0 radical (unpaired) electrons. The summed E-state index contributed by atoms with van der Waals surface area (Å²) < 4.78 is 0. The molecule has 1 aromatic heterocycles. The Hall–Kier alpha value is -4.25. The van der Waals surface area contributed by atoms with Gasteiger partial charge in [0.25, 0.3) is 0 Å². The van der Waals surface area contributed by atoms with Gasteiger partial charge in [0.05, 0.1) is 29.2 Å². The molecule has 0 bridgehead atoms. The van der Waals surface area contributed by atoms with E-state index in [0.717, 1.165) is 28.7 Å². The van der Waals surface area contributed by atoms with Crippen molar-refractivity contribution in [3.05, 3.63) is 125 Å². The van der Waals surface area contributed by atoms with E-state index in [0.29, 0.717) is 5.56 Å². The van der Waals surface area contributed by atoms with Crippen molar-refractivity contribution in [3.63, 3.8) is 0 Å².